The van der Waals surface area contributed by atoms with Crippen LogP contribution in [-0.2, 0) is 33.3 Å². The molecule has 5 fully saturated rings. The fourth-order valence-corrected chi connectivity index (χ4v) is 8.48. The molecule has 0 aromatic heterocycles. The molecule has 4 saturated carbocycles. The number of rotatable bonds is 14. The maximum absolute atomic E-state index is 13.4. The lowest BCUT2D eigenvalue weighted by Crippen LogP contribution is -2.67. The average molecular weight is 731 g/mol. The van der Waals surface area contributed by atoms with Gasteiger partial charge in [-0.05, 0) is 82.0 Å². The van der Waals surface area contributed by atoms with Gasteiger partial charge in [0.25, 0.3) is 5.91 Å². The largest absolute Gasteiger partial charge is 0.464 e. The number of β-lactam (4-membered cyclic amide) rings is 1. The van der Waals surface area contributed by atoms with Crippen LogP contribution in [0.4, 0.5) is 9.59 Å². The number of aliphatic imine (C=N–C) groups is 1. The van der Waals surface area contributed by atoms with Gasteiger partial charge in [0, 0.05) is 6.54 Å². The highest BCUT2D eigenvalue weighted by atomic mass is 16.6. The van der Waals surface area contributed by atoms with Crippen LogP contribution in [-0.4, -0.2) is 85.9 Å². The van der Waals surface area contributed by atoms with E-state index in [-0.39, 0.29) is 38.2 Å². The van der Waals surface area contributed by atoms with E-state index in [2.05, 4.69) is 15.6 Å². The number of nitrogens with one attached hydrogen (secondary N) is 2. The van der Waals surface area contributed by atoms with Crippen molar-refractivity contribution in [2.45, 2.75) is 153 Å². The summed E-state index contributed by atoms with van der Waals surface area (Å²) in [6, 6.07) is -1.01. The summed E-state index contributed by atoms with van der Waals surface area (Å²) < 4.78 is 22.5. The van der Waals surface area contributed by atoms with Crippen molar-refractivity contribution < 1.29 is 42.9 Å². The molecule has 13 heteroatoms. The van der Waals surface area contributed by atoms with Crippen LogP contribution >= 0.6 is 0 Å². The number of ether oxygens (including phenoxy) is 4. The van der Waals surface area contributed by atoms with Crippen molar-refractivity contribution in [1.29, 1.82) is 0 Å². The lowest BCUT2D eigenvalue weighted by Gasteiger charge is -2.44. The Morgan fingerprint density at radius 3 is 1.60 bits per heavy atom. The highest BCUT2D eigenvalue weighted by molar-refractivity contribution is 6.08. The van der Waals surface area contributed by atoms with E-state index in [4.69, 9.17) is 18.9 Å². The summed E-state index contributed by atoms with van der Waals surface area (Å²) in [7, 11) is 0. The number of amides is 4. The molecule has 2 atom stereocenters. The van der Waals surface area contributed by atoms with Crippen LogP contribution in [0.2, 0.25) is 0 Å². The van der Waals surface area contributed by atoms with Gasteiger partial charge in [-0.25, -0.2) is 14.4 Å². The number of carbonyl (C=O) groups is 5. The molecule has 1 heterocycles. The van der Waals surface area contributed by atoms with E-state index in [0.29, 0.717) is 37.4 Å². The molecule has 0 aromatic carbocycles. The summed E-state index contributed by atoms with van der Waals surface area (Å²) in [5, 5.41) is 5.11. The van der Waals surface area contributed by atoms with Gasteiger partial charge in [-0.1, -0.05) is 77.0 Å². The number of carbonyl (C=O) groups excluding carboxylic acids is 5. The Hall–Kier alpha value is -3.22. The van der Waals surface area contributed by atoms with E-state index >= 15 is 0 Å². The molecule has 0 aromatic rings. The molecule has 1 aliphatic heterocycles. The summed E-state index contributed by atoms with van der Waals surface area (Å²) in [4.78, 5) is 70.9. The van der Waals surface area contributed by atoms with Crippen LogP contribution in [0.5, 0.6) is 0 Å². The molecule has 4 amide bonds. The van der Waals surface area contributed by atoms with Crippen molar-refractivity contribution in [2.75, 3.05) is 33.0 Å². The summed E-state index contributed by atoms with van der Waals surface area (Å²) in [5.74, 6) is -1.40. The van der Waals surface area contributed by atoms with Crippen molar-refractivity contribution in [2.24, 2.45) is 28.7 Å². The summed E-state index contributed by atoms with van der Waals surface area (Å²) in [6.45, 7) is 0.777. The minimum absolute atomic E-state index is 0.00932. The number of alkyl carbamates (subject to hydrolysis) is 2. The van der Waals surface area contributed by atoms with Gasteiger partial charge in [0.05, 0.1) is 31.8 Å². The first kappa shape index (κ1) is 40.0. The minimum atomic E-state index is -1.01. The van der Waals surface area contributed by atoms with E-state index in [9.17, 15) is 24.0 Å². The predicted molar refractivity (Wildman–Crippen MR) is 193 cm³/mol. The minimum Gasteiger partial charge on any atom is -0.464 e. The van der Waals surface area contributed by atoms with Gasteiger partial charge < -0.3 is 18.9 Å². The lowest BCUT2D eigenvalue weighted by molar-refractivity contribution is -0.183. The van der Waals surface area contributed by atoms with Gasteiger partial charge in [0.15, 0.2) is 0 Å². The molecule has 1 saturated heterocycles. The van der Waals surface area contributed by atoms with Crippen LogP contribution in [0.15, 0.2) is 4.99 Å². The number of imide groups is 1. The number of hydrogen-bond donors (Lipinski definition) is 2. The highest BCUT2D eigenvalue weighted by Crippen LogP contribution is 2.33. The van der Waals surface area contributed by atoms with E-state index in [1.54, 1.807) is 0 Å². The van der Waals surface area contributed by atoms with Gasteiger partial charge in [0.2, 0.25) is 11.9 Å². The monoisotopic (exact) mass is 730 g/mol. The quantitative estimate of drug-likeness (QED) is 0.0503. The summed E-state index contributed by atoms with van der Waals surface area (Å²) in [6.07, 6.45) is 20.6. The van der Waals surface area contributed by atoms with E-state index in [0.717, 1.165) is 114 Å². The molecule has 0 bridgehead atoms. The zero-order valence-electron chi connectivity index (χ0n) is 31.1. The van der Waals surface area contributed by atoms with Gasteiger partial charge in [-0.2, -0.15) is 0 Å². The Morgan fingerprint density at radius 1 is 0.635 bits per heavy atom. The van der Waals surface area contributed by atoms with Gasteiger partial charge in [-0.3, -0.25) is 30.1 Å². The standard InChI is InChI=1S/C39H62N4O9/c44-33(27-49-31-20-11-4-12-21-31)43-34(36(46)50-24-28-14-5-1-6-15-28)32(35(43)45)22-13-23-40-37(41-38(47)51-25-29-16-7-2-8-17-29)42-39(48)52-26-30-18-9-3-10-19-30/h28-32,34H,1-27H2,(H2,40,41,42,47,48)/t32-,34?/m1/s1. The van der Waals surface area contributed by atoms with Crippen molar-refractivity contribution in [1.82, 2.24) is 15.5 Å². The third-order valence-electron chi connectivity index (χ3n) is 11.6. The normalized spacial score (nSPS) is 23.6. The maximum Gasteiger partial charge on any atom is 0.413 e. The Bertz CT molecular complexity index is 1170. The molecule has 13 nitrogen and oxygen atoms in total. The highest BCUT2D eigenvalue weighted by Gasteiger charge is 2.54. The molecule has 0 radical (unpaired) electrons. The molecule has 5 aliphatic rings. The van der Waals surface area contributed by atoms with Crippen molar-refractivity contribution in [3.8, 4) is 0 Å². The topological polar surface area (TPSA) is 162 Å². The number of esters is 1. The number of guanidine groups is 1. The molecular weight excluding hydrogens is 668 g/mol. The molecule has 5 rings (SSSR count). The van der Waals surface area contributed by atoms with Crippen LogP contribution < -0.4 is 10.6 Å². The summed E-state index contributed by atoms with van der Waals surface area (Å²) >= 11 is 0. The third kappa shape index (κ3) is 12.7. The summed E-state index contributed by atoms with van der Waals surface area (Å²) in [5.41, 5.74) is 0. The average Bonchev–Trinajstić information content (AvgIpc) is 3.18. The Balaban J connectivity index is 1.16. The molecule has 52 heavy (non-hydrogen) atoms. The van der Waals surface area contributed by atoms with Crippen molar-refractivity contribution >= 4 is 35.9 Å². The third-order valence-corrected chi connectivity index (χ3v) is 11.6. The van der Waals surface area contributed by atoms with E-state index in [1.807, 2.05) is 0 Å². The SMILES string of the molecule is O=C(NC(=NCCC[C@H]1C(=O)N(C(=O)COC2CCCCC2)C1C(=O)OCC1CCCCC1)NC(=O)OCC1CCCCC1)OCC1CCCCC1. The maximum atomic E-state index is 13.4. The van der Waals surface area contributed by atoms with Gasteiger partial charge >= 0.3 is 18.2 Å². The van der Waals surface area contributed by atoms with E-state index < -0.39 is 41.9 Å². The van der Waals surface area contributed by atoms with Crippen molar-refractivity contribution in [3.05, 3.63) is 0 Å². The fourth-order valence-electron chi connectivity index (χ4n) is 8.48. The predicted octanol–water partition coefficient (Wildman–Crippen LogP) is 6.56. The Labute approximate surface area is 309 Å². The lowest BCUT2D eigenvalue weighted by atomic mass is 9.83. The first-order valence-corrected chi connectivity index (χ1v) is 20.4. The second-order valence-corrected chi connectivity index (χ2v) is 15.7. The smallest absolute Gasteiger partial charge is 0.413 e. The van der Waals surface area contributed by atoms with Crippen molar-refractivity contribution in [3.63, 3.8) is 0 Å². The van der Waals surface area contributed by atoms with Gasteiger partial charge in [0.1, 0.15) is 12.6 Å². The zero-order chi connectivity index (χ0) is 36.5. The number of likely N-dealkylation sites (tertiary alicyclic amines) is 1. The molecule has 2 N–H and O–H groups in total. The van der Waals surface area contributed by atoms with Crippen LogP contribution in [0.1, 0.15) is 141 Å². The second-order valence-electron chi connectivity index (χ2n) is 15.7. The number of nitrogens with zero attached hydrogens (tertiary/aromatic N) is 2. The molecule has 4 aliphatic carbocycles. The Kier molecular flexibility index (Phi) is 16.5. The fraction of sp³-hybridized carbons (Fsp3) is 0.846. The zero-order valence-corrected chi connectivity index (χ0v) is 31.1. The van der Waals surface area contributed by atoms with E-state index in [1.165, 1.54) is 19.3 Å². The molecule has 292 valence electrons. The van der Waals surface area contributed by atoms with Crippen LogP contribution in [0, 0.1) is 23.7 Å². The number of hydrogen-bond acceptors (Lipinski definition) is 10. The first-order valence-electron chi connectivity index (χ1n) is 20.4. The van der Waals surface area contributed by atoms with Crippen LogP contribution in [0.25, 0.3) is 0 Å². The molecule has 1 unspecified atom stereocenters. The van der Waals surface area contributed by atoms with Crippen LogP contribution in [0.3, 0.4) is 0 Å². The Morgan fingerprint density at radius 2 is 1.10 bits per heavy atom. The second kappa shape index (κ2) is 21.5. The van der Waals surface area contributed by atoms with Gasteiger partial charge in [-0.15, -0.1) is 0 Å². The molecular formula is C39H62N4O9. The molecule has 0 spiro atoms. The first-order chi connectivity index (χ1) is 25.4.